The van der Waals surface area contributed by atoms with Gasteiger partial charge < -0.3 is 15.5 Å². The van der Waals surface area contributed by atoms with Crippen LogP contribution in [0.15, 0.2) is 42.5 Å². The highest BCUT2D eigenvalue weighted by molar-refractivity contribution is 6.06. The standard InChI is InChI=1S/C15H13NO4/c1-9-5-6-13(17)12(7-9)16-14(18)10-3-2-4-11(8-10)15(19)20/h2-8,17H,1H3,(H,16,18)(H,19,20). The summed E-state index contributed by atoms with van der Waals surface area (Å²) < 4.78 is 0. The van der Waals surface area contributed by atoms with Crippen molar-refractivity contribution in [2.45, 2.75) is 6.92 Å². The molecule has 5 nitrogen and oxygen atoms in total. The van der Waals surface area contributed by atoms with Crippen LogP contribution in [0.3, 0.4) is 0 Å². The number of carboxylic acid groups (broad SMARTS) is 1. The molecule has 5 heteroatoms. The predicted molar refractivity (Wildman–Crippen MR) is 74.2 cm³/mol. The zero-order valence-corrected chi connectivity index (χ0v) is 10.8. The fourth-order valence-corrected chi connectivity index (χ4v) is 1.74. The molecule has 0 atom stereocenters. The van der Waals surface area contributed by atoms with E-state index in [4.69, 9.17) is 5.11 Å². The van der Waals surface area contributed by atoms with Gasteiger partial charge in [0.2, 0.25) is 0 Å². The quantitative estimate of drug-likeness (QED) is 0.749. The Morgan fingerprint density at radius 2 is 1.75 bits per heavy atom. The van der Waals surface area contributed by atoms with Crippen LogP contribution in [-0.4, -0.2) is 22.1 Å². The summed E-state index contributed by atoms with van der Waals surface area (Å²) in [4.78, 5) is 22.9. The highest BCUT2D eigenvalue weighted by atomic mass is 16.4. The van der Waals surface area contributed by atoms with Gasteiger partial charge in [-0.1, -0.05) is 12.1 Å². The molecular formula is C15H13NO4. The second kappa shape index (κ2) is 5.44. The van der Waals surface area contributed by atoms with E-state index in [2.05, 4.69) is 5.32 Å². The lowest BCUT2D eigenvalue weighted by atomic mass is 10.1. The largest absolute Gasteiger partial charge is 0.506 e. The topological polar surface area (TPSA) is 86.6 Å². The summed E-state index contributed by atoms with van der Waals surface area (Å²) in [5.41, 5.74) is 1.42. The molecular weight excluding hydrogens is 258 g/mol. The zero-order valence-electron chi connectivity index (χ0n) is 10.8. The number of phenolic OH excluding ortho intramolecular Hbond substituents is 1. The second-order valence-corrected chi connectivity index (χ2v) is 4.36. The van der Waals surface area contributed by atoms with Crippen molar-refractivity contribution in [1.82, 2.24) is 0 Å². The summed E-state index contributed by atoms with van der Waals surface area (Å²) in [6.45, 7) is 1.83. The van der Waals surface area contributed by atoms with Crippen LogP contribution in [0, 0.1) is 6.92 Å². The summed E-state index contributed by atoms with van der Waals surface area (Å²) in [6.07, 6.45) is 0. The van der Waals surface area contributed by atoms with Crippen molar-refractivity contribution in [2.24, 2.45) is 0 Å². The molecule has 2 aromatic rings. The van der Waals surface area contributed by atoms with Gasteiger partial charge in [-0.15, -0.1) is 0 Å². The number of aryl methyl sites for hydroxylation is 1. The molecule has 0 aromatic heterocycles. The molecule has 0 radical (unpaired) electrons. The number of nitrogens with one attached hydrogen (secondary N) is 1. The van der Waals surface area contributed by atoms with E-state index in [-0.39, 0.29) is 22.6 Å². The maximum Gasteiger partial charge on any atom is 0.335 e. The van der Waals surface area contributed by atoms with E-state index in [1.165, 1.54) is 30.3 Å². The number of phenols is 1. The van der Waals surface area contributed by atoms with Crippen molar-refractivity contribution >= 4 is 17.6 Å². The first-order chi connectivity index (χ1) is 9.47. The number of aromatic carboxylic acids is 1. The monoisotopic (exact) mass is 271 g/mol. The summed E-state index contributed by atoms with van der Waals surface area (Å²) >= 11 is 0. The van der Waals surface area contributed by atoms with E-state index in [0.717, 1.165) is 5.56 Å². The zero-order chi connectivity index (χ0) is 14.7. The van der Waals surface area contributed by atoms with E-state index in [1.54, 1.807) is 12.1 Å². The molecule has 102 valence electrons. The Hall–Kier alpha value is -2.82. The number of hydrogen-bond donors (Lipinski definition) is 3. The summed E-state index contributed by atoms with van der Waals surface area (Å²) in [5, 5.41) is 21.1. The summed E-state index contributed by atoms with van der Waals surface area (Å²) in [6, 6.07) is 10.5. The number of aromatic hydroxyl groups is 1. The Kier molecular flexibility index (Phi) is 3.70. The number of rotatable bonds is 3. The van der Waals surface area contributed by atoms with Crippen LogP contribution in [0.1, 0.15) is 26.3 Å². The molecule has 1 amide bonds. The minimum Gasteiger partial charge on any atom is -0.506 e. The smallest absolute Gasteiger partial charge is 0.335 e. The molecule has 0 aliphatic rings. The van der Waals surface area contributed by atoms with E-state index < -0.39 is 11.9 Å². The number of carboxylic acids is 1. The summed E-state index contributed by atoms with van der Waals surface area (Å²) in [7, 11) is 0. The third-order valence-corrected chi connectivity index (χ3v) is 2.77. The average Bonchev–Trinajstić information content (AvgIpc) is 2.43. The Morgan fingerprint density at radius 3 is 2.45 bits per heavy atom. The number of amides is 1. The van der Waals surface area contributed by atoms with Crippen molar-refractivity contribution in [2.75, 3.05) is 5.32 Å². The SMILES string of the molecule is Cc1ccc(O)c(NC(=O)c2cccc(C(=O)O)c2)c1. The van der Waals surface area contributed by atoms with Crippen LogP contribution >= 0.6 is 0 Å². The molecule has 2 rings (SSSR count). The maximum atomic E-state index is 12.0. The van der Waals surface area contributed by atoms with Gasteiger partial charge in [0.1, 0.15) is 5.75 Å². The highest BCUT2D eigenvalue weighted by Crippen LogP contribution is 2.24. The molecule has 2 aromatic carbocycles. The predicted octanol–water partition coefficient (Wildman–Crippen LogP) is 2.65. The molecule has 0 saturated carbocycles. The van der Waals surface area contributed by atoms with E-state index in [1.807, 2.05) is 6.92 Å². The van der Waals surface area contributed by atoms with Crippen molar-refractivity contribution in [3.8, 4) is 5.75 Å². The minimum absolute atomic E-state index is 0.0334. The number of carbonyl (C=O) groups is 2. The lowest BCUT2D eigenvalue weighted by Gasteiger charge is -2.08. The van der Waals surface area contributed by atoms with Gasteiger partial charge in [-0.25, -0.2) is 4.79 Å². The second-order valence-electron chi connectivity index (χ2n) is 4.36. The van der Waals surface area contributed by atoms with Crippen molar-refractivity contribution in [1.29, 1.82) is 0 Å². The molecule has 3 N–H and O–H groups in total. The molecule has 0 fully saturated rings. The van der Waals surface area contributed by atoms with E-state index in [9.17, 15) is 14.7 Å². The molecule has 0 aliphatic carbocycles. The van der Waals surface area contributed by atoms with Gasteiger partial charge in [-0.2, -0.15) is 0 Å². The van der Waals surface area contributed by atoms with Crippen LogP contribution in [0.2, 0.25) is 0 Å². The minimum atomic E-state index is -1.10. The third kappa shape index (κ3) is 2.95. The van der Waals surface area contributed by atoms with Crippen LogP contribution < -0.4 is 5.32 Å². The van der Waals surface area contributed by atoms with Gasteiger partial charge in [0, 0.05) is 5.56 Å². The lowest BCUT2D eigenvalue weighted by molar-refractivity contribution is 0.0697. The first kappa shape index (κ1) is 13.6. The molecule has 0 aliphatic heterocycles. The van der Waals surface area contributed by atoms with Crippen LogP contribution in [0.4, 0.5) is 5.69 Å². The molecule has 0 bridgehead atoms. The number of anilines is 1. The highest BCUT2D eigenvalue weighted by Gasteiger charge is 2.11. The first-order valence-corrected chi connectivity index (χ1v) is 5.91. The van der Waals surface area contributed by atoms with Crippen molar-refractivity contribution in [3.63, 3.8) is 0 Å². The van der Waals surface area contributed by atoms with Crippen LogP contribution in [0.5, 0.6) is 5.75 Å². The maximum absolute atomic E-state index is 12.0. The molecule has 0 heterocycles. The lowest BCUT2D eigenvalue weighted by Crippen LogP contribution is -2.13. The molecule has 0 unspecified atom stereocenters. The fourth-order valence-electron chi connectivity index (χ4n) is 1.74. The van der Waals surface area contributed by atoms with E-state index >= 15 is 0 Å². The van der Waals surface area contributed by atoms with Gasteiger partial charge in [0.05, 0.1) is 11.3 Å². The van der Waals surface area contributed by atoms with Crippen molar-refractivity contribution < 1.29 is 19.8 Å². The Morgan fingerprint density at radius 1 is 1.05 bits per heavy atom. The third-order valence-electron chi connectivity index (χ3n) is 2.77. The number of benzene rings is 2. The normalized spacial score (nSPS) is 10.1. The van der Waals surface area contributed by atoms with Gasteiger partial charge >= 0.3 is 5.97 Å². The molecule has 0 spiro atoms. The molecule has 20 heavy (non-hydrogen) atoms. The number of carbonyl (C=O) groups excluding carboxylic acids is 1. The van der Waals surface area contributed by atoms with Gasteiger partial charge in [-0.3, -0.25) is 4.79 Å². The Balaban J connectivity index is 2.26. The van der Waals surface area contributed by atoms with Gasteiger partial charge in [0.15, 0.2) is 0 Å². The Bertz CT molecular complexity index is 679. The van der Waals surface area contributed by atoms with Crippen LogP contribution in [-0.2, 0) is 0 Å². The van der Waals surface area contributed by atoms with Gasteiger partial charge in [0.25, 0.3) is 5.91 Å². The Labute approximate surface area is 115 Å². The van der Waals surface area contributed by atoms with Gasteiger partial charge in [-0.05, 0) is 42.8 Å². The molecule has 0 saturated heterocycles. The fraction of sp³-hybridized carbons (Fsp3) is 0.0667. The average molecular weight is 271 g/mol. The van der Waals surface area contributed by atoms with Crippen LogP contribution in [0.25, 0.3) is 0 Å². The summed E-state index contributed by atoms with van der Waals surface area (Å²) in [5.74, 6) is -1.62. The first-order valence-electron chi connectivity index (χ1n) is 5.91. The van der Waals surface area contributed by atoms with E-state index in [0.29, 0.717) is 0 Å². The number of hydrogen-bond acceptors (Lipinski definition) is 3. The van der Waals surface area contributed by atoms with Crippen molar-refractivity contribution in [3.05, 3.63) is 59.2 Å².